The molecule has 1 aromatic rings. The molecule has 0 bridgehead atoms. The third kappa shape index (κ3) is 3.87. The number of nitrogens with one attached hydrogen (secondary N) is 1. The van der Waals surface area contributed by atoms with Crippen molar-refractivity contribution in [2.75, 3.05) is 13.7 Å². The van der Waals surface area contributed by atoms with Crippen LogP contribution >= 0.6 is 27.3 Å². The molecule has 86 valence electrons. The van der Waals surface area contributed by atoms with Crippen molar-refractivity contribution < 1.29 is 4.74 Å². The molecule has 0 fully saturated rings. The van der Waals surface area contributed by atoms with Crippen molar-refractivity contribution in [3.8, 4) is 0 Å². The van der Waals surface area contributed by atoms with Crippen LogP contribution in [0.2, 0.25) is 0 Å². The van der Waals surface area contributed by atoms with Gasteiger partial charge < -0.3 is 10.1 Å². The Morgan fingerprint density at radius 1 is 1.60 bits per heavy atom. The van der Waals surface area contributed by atoms with Crippen molar-refractivity contribution >= 4 is 27.3 Å². The molecular formula is C11H18BrNOS. The van der Waals surface area contributed by atoms with E-state index in [9.17, 15) is 0 Å². The highest BCUT2D eigenvalue weighted by Gasteiger charge is 2.17. The van der Waals surface area contributed by atoms with Gasteiger partial charge in [-0.1, -0.05) is 0 Å². The van der Waals surface area contributed by atoms with Crippen molar-refractivity contribution in [2.24, 2.45) is 0 Å². The molecule has 0 saturated carbocycles. The Labute approximate surface area is 104 Å². The van der Waals surface area contributed by atoms with Gasteiger partial charge >= 0.3 is 0 Å². The van der Waals surface area contributed by atoms with Gasteiger partial charge in [0.05, 0.1) is 6.10 Å². The largest absolute Gasteiger partial charge is 0.377 e. The summed E-state index contributed by atoms with van der Waals surface area (Å²) in [6, 6.07) is 2.47. The lowest BCUT2D eigenvalue weighted by Gasteiger charge is -2.23. The van der Waals surface area contributed by atoms with Gasteiger partial charge in [-0.15, -0.1) is 11.3 Å². The maximum Gasteiger partial charge on any atom is 0.0703 e. The van der Waals surface area contributed by atoms with Gasteiger partial charge in [0.1, 0.15) is 0 Å². The van der Waals surface area contributed by atoms with E-state index in [0.717, 1.165) is 13.0 Å². The first kappa shape index (κ1) is 13.2. The maximum absolute atomic E-state index is 5.61. The first-order valence-corrected chi connectivity index (χ1v) is 6.87. The van der Waals surface area contributed by atoms with E-state index in [0.29, 0.717) is 6.04 Å². The lowest BCUT2D eigenvalue weighted by Crippen LogP contribution is -2.39. The second-order valence-corrected chi connectivity index (χ2v) is 5.31. The van der Waals surface area contributed by atoms with Gasteiger partial charge in [-0.3, -0.25) is 0 Å². The van der Waals surface area contributed by atoms with Gasteiger partial charge in [0.15, 0.2) is 0 Å². The van der Waals surface area contributed by atoms with Gasteiger partial charge in [-0.2, -0.15) is 0 Å². The van der Waals surface area contributed by atoms with E-state index in [1.807, 2.05) is 14.0 Å². The molecule has 2 unspecified atom stereocenters. The highest BCUT2D eigenvalue weighted by atomic mass is 79.9. The molecule has 0 aliphatic rings. The lowest BCUT2D eigenvalue weighted by molar-refractivity contribution is 0.0498. The molecule has 2 nitrogen and oxygen atoms in total. The molecule has 0 spiro atoms. The summed E-state index contributed by atoms with van der Waals surface area (Å²) in [5, 5.41) is 5.42. The fraction of sp³-hybridized carbons (Fsp3) is 0.636. The molecule has 4 heteroatoms. The third-order valence-corrected chi connectivity index (χ3v) is 4.41. The number of ether oxygens (including phenoxy) is 1. The van der Waals surface area contributed by atoms with Gasteiger partial charge in [0, 0.05) is 28.4 Å². The summed E-state index contributed by atoms with van der Waals surface area (Å²) in [6.45, 7) is 4.92. The molecule has 0 saturated heterocycles. The predicted octanol–water partition coefficient (Wildman–Crippen LogP) is 3.07. The first-order valence-electron chi connectivity index (χ1n) is 5.19. The Bertz CT molecular complexity index is 290. The second kappa shape index (κ2) is 6.63. The maximum atomic E-state index is 5.61. The molecule has 0 radical (unpaired) electrons. The van der Waals surface area contributed by atoms with Crippen LogP contribution in [0.25, 0.3) is 0 Å². The van der Waals surface area contributed by atoms with Gasteiger partial charge in [-0.25, -0.2) is 0 Å². The molecule has 2 atom stereocenters. The number of thiophene rings is 1. The predicted molar refractivity (Wildman–Crippen MR) is 69.7 cm³/mol. The second-order valence-electron chi connectivity index (χ2n) is 3.45. The van der Waals surface area contributed by atoms with E-state index in [-0.39, 0.29) is 6.10 Å². The minimum atomic E-state index is 0.244. The Balaban J connectivity index is 2.57. The summed E-state index contributed by atoms with van der Waals surface area (Å²) in [5.74, 6) is 0. The average molecular weight is 292 g/mol. The molecule has 0 amide bonds. The van der Waals surface area contributed by atoms with Crippen molar-refractivity contribution in [3.05, 3.63) is 20.8 Å². The van der Waals surface area contributed by atoms with Crippen LogP contribution in [0.3, 0.4) is 0 Å². The zero-order valence-corrected chi connectivity index (χ0v) is 11.8. The van der Waals surface area contributed by atoms with Gasteiger partial charge in [-0.05, 0) is 48.3 Å². The SMILES string of the molecule is CCOC(C)C(Cc1sccc1Br)NC. The molecule has 1 heterocycles. The number of hydrogen-bond acceptors (Lipinski definition) is 3. The minimum Gasteiger partial charge on any atom is -0.377 e. The van der Waals surface area contributed by atoms with E-state index in [2.05, 4.69) is 39.6 Å². The minimum absolute atomic E-state index is 0.244. The summed E-state index contributed by atoms with van der Waals surface area (Å²) in [4.78, 5) is 1.38. The summed E-state index contributed by atoms with van der Waals surface area (Å²) in [6.07, 6.45) is 1.25. The Hall–Kier alpha value is 0.1000. The fourth-order valence-corrected chi connectivity index (χ4v) is 3.13. The third-order valence-electron chi connectivity index (χ3n) is 2.46. The van der Waals surface area contributed by atoms with Crippen molar-refractivity contribution in [1.29, 1.82) is 0 Å². The van der Waals surface area contributed by atoms with Crippen LogP contribution in [0.1, 0.15) is 18.7 Å². The highest BCUT2D eigenvalue weighted by molar-refractivity contribution is 9.10. The number of halogens is 1. The molecule has 0 aliphatic carbocycles. The molecule has 1 aromatic heterocycles. The average Bonchev–Trinajstić information content (AvgIpc) is 2.61. The molecule has 1 rings (SSSR count). The molecule has 0 aliphatic heterocycles. The van der Waals surface area contributed by atoms with Crippen LogP contribution in [0.15, 0.2) is 15.9 Å². The molecular weight excluding hydrogens is 274 g/mol. The van der Waals surface area contributed by atoms with E-state index in [4.69, 9.17) is 4.74 Å². The lowest BCUT2D eigenvalue weighted by atomic mass is 10.1. The zero-order chi connectivity index (χ0) is 11.3. The molecule has 0 aromatic carbocycles. The van der Waals surface area contributed by atoms with Gasteiger partial charge in [0.2, 0.25) is 0 Å². The van der Waals surface area contributed by atoms with E-state index >= 15 is 0 Å². The van der Waals surface area contributed by atoms with Crippen molar-refractivity contribution in [3.63, 3.8) is 0 Å². The Kier molecular flexibility index (Phi) is 5.82. The number of likely N-dealkylation sites (N-methyl/N-ethyl adjacent to an activating group) is 1. The Morgan fingerprint density at radius 2 is 2.33 bits per heavy atom. The highest BCUT2D eigenvalue weighted by Crippen LogP contribution is 2.24. The summed E-state index contributed by atoms with van der Waals surface area (Å²) < 4.78 is 6.82. The van der Waals surface area contributed by atoms with Crippen LogP contribution in [0.5, 0.6) is 0 Å². The van der Waals surface area contributed by atoms with Crippen LogP contribution < -0.4 is 5.32 Å². The van der Waals surface area contributed by atoms with Crippen molar-refractivity contribution in [1.82, 2.24) is 5.32 Å². The molecule has 15 heavy (non-hydrogen) atoms. The molecule has 1 N–H and O–H groups in total. The van der Waals surface area contributed by atoms with Crippen LogP contribution in [0.4, 0.5) is 0 Å². The van der Waals surface area contributed by atoms with Crippen molar-refractivity contribution in [2.45, 2.75) is 32.4 Å². The fourth-order valence-electron chi connectivity index (χ4n) is 1.55. The topological polar surface area (TPSA) is 21.3 Å². The summed E-state index contributed by atoms with van der Waals surface area (Å²) >= 11 is 5.34. The normalized spacial score (nSPS) is 15.2. The quantitative estimate of drug-likeness (QED) is 0.870. The standard InChI is InChI=1S/C11H18BrNOS/c1-4-14-8(2)10(13-3)7-11-9(12)5-6-15-11/h5-6,8,10,13H,4,7H2,1-3H3. The number of hydrogen-bond donors (Lipinski definition) is 1. The summed E-state index contributed by atoms with van der Waals surface area (Å²) in [7, 11) is 1.99. The van der Waals surface area contributed by atoms with E-state index < -0.39 is 0 Å². The first-order chi connectivity index (χ1) is 7.19. The van der Waals surface area contributed by atoms with Crippen LogP contribution in [0, 0.1) is 0 Å². The summed E-state index contributed by atoms with van der Waals surface area (Å²) in [5.41, 5.74) is 0. The zero-order valence-electron chi connectivity index (χ0n) is 9.42. The monoisotopic (exact) mass is 291 g/mol. The Morgan fingerprint density at radius 3 is 2.80 bits per heavy atom. The van der Waals surface area contributed by atoms with Crippen LogP contribution in [-0.4, -0.2) is 25.8 Å². The van der Waals surface area contributed by atoms with E-state index in [1.54, 1.807) is 11.3 Å². The van der Waals surface area contributed by atoms with E-state index in [1.165, 1.54) is 9.35 Å². The van der Waals surface area contributed by atoms with Gasteiger partial charge in [0.25, 0.3) is 0 Å². The van der Waals surface area contributed by atoms with Crippen LogP contribution in [-0.2, 0) is 11.2 Å². The number of rotatable bonds is 6. The smallest absolute Gasteiger partial charge is 0.0703 e.